The molecule has 0 aromatic heterocycles. The molecule has 1 aromatic rings. The van der Waals surface area contributed by atoms with Crippen molar-refractivity contribution >= 4 is 34.8 Å². The highest BCUT2D eigenvalue weighted by Gasteiger charge is 2.59. The second-order valence-corrected chi connectivity index (χ2v) is 21.0. The molecule has 36 nitrogen and oxygen atoms in total. The Labute approximate surface area is 513 Å². The molecule has 2 unspecified atom stereocenters. The summed E-state index contributed by atoms with van der Waals surface area (Å²) < 4.78 is 82.7. The van der Waals surface area contributed by atoms with E-state index in [-0.39, 0.29) is 203 Å². The summed E-state index contributed by atoms with van der Waals surface area (Å²) in [5.41, 5.74) is 8.46. The number of nitrogens with zero attached hydrogens (tertiary/aromatic N) is 2. The number of hydrogen-bond acceptors (Lipinski definition) is 31. The van der Waals surface area contributed by atoms with Crippen LogP contribution in [0.25, 0.3) is 0 Å². The highest BCUT2D eigenvalue weighted by molar-refractivity contribution is 5.78. The number of carbonyl (C=O) groups is 3. The SMILES string of the molecule is N[C@H]1[C@H]2OC[C@](COCCOCCOCCOCCNC(=O)CCC(O)C(NC(=O)COCCOCCOCCNc3ccc([N+](=O)[O-])cc3[N+](=O)[O-])C(O)CCC(=O)NCCOCCOCCOCCOC[C@@]34CO[C@@H](O3)[C@H](N)[C@@H](O)[C@H]4O)(O2)[C@H](O)[C@@H]1O. The van der Waals surface area contributed by atoms with E-state index in [1.54, 1.807) is 0 Å². The van der Waals surface area contributed by atoms with Crippen molar-refractivity contribution in [2.24, 2.45) is 11.5 Å². The lowest BCUT2D eigenvalue weighted by Gasteiger charge is -2.41. The van der Waals surface area contributed by atoms with E-state index in [1.165, 1.54) is 6.07 Å². The van der Waals surface area contributed by atoms with Crippen LogP contribution in [0.4, 0.5) is 17.1 Å². The van der Waals surface area contributed by atoms with Crippen molar-refractivity contribution < 1.29 is 126 Å². The average molecular weight is 1290 g/mol. The average Bonchev–Trinajstić information content (AvgIpc) is 1.81. The maximum atomic E-state index is 13.0. The molecule has 4 fully saturated rings. The molecule has 4 aliphatic rings. The number of rotatable bonds is 51. The number of nitrogens with two attached hydrogens (primary N) is 2. The van der Waals surface area contributed by atoms with Crippen molar-refractivity contribution in [2.45, 2.75) is 104 Å². The van der Waals surface area contributed by atoms with E-state index in [2.05, 4.69) is 21.3 Å². The van der Waals surface area contributed by atoms with Crippen molar-refractivity contribution in [1.29, 1.82) is 0 Å². The van der Waals surface area contributed by atoms with E-state index in [4.69, 9.17) is 82.5 Å². The van der Waals surface area contributed by atoms with Gasteiger partial charge in [-0.15, -0.1) is 0 Å². The summed E-state index contributed by atoms with van der Waals surface area (Å²) in [6.45, 7) is 3.69. The third kappa shape index (κ3) is 25.7. The molecule has 4 aliphatic heterocycles. The fourth-order valence-electron chi connectivity index (χ4n) is 9.32. The number of ether oxygens (including phenoxy) is 15. The van der Waals surface area contributed by atoms with Crippen LogP contribution in [0, 0.1) is 20.2 Å². The zero-order valence-corrected chi connectivity index (χ0v) is 49.7. The highest BCUT2D eigenvalue weighted by Crippen LogP contribution is 2.38. The summed E-state index contributed by atoms with van der Waals surface area (Å²) in [6, 6.07) is 0.219. The van der Waals surface area contributed by atoms with Crippen LogP contribution in [0.3, 0.4) is 0 Å². The van der Waals surface area contributed by atoms with E-state index < -0.39 is 124 Å². The first-order valence-corrected chi connectivity index (χ1v) is 29.4. The van der Waals surface area contributed by atoms with Gasteiger partial charge in [0.25, 0.3) is 11.4 Å². The van der Waals surface area contributed by atoms with Crippen LogP contribution in [0.1, 0.15) is 25.7 Å². The van der Waals surface area contributed by atoms with Gasteiger partial charge in [0.2, 0.25) is 17.7 Å². The van der Waals surface area contributed by atoms with Crippen molar-refractivity contribution in [3.8, 4) is 0 Å². The van der Waals surface area contributed by atoms with Crippen LogP contribution in [0.15, 0.2) is 18.2 Å². The van der Waals surface area contributed by atoms with Gasteiger partial charge in [-0.1, -0.05) is 0 Å². The number of aliphatic hydroxyl groups is 6. The van der Waals surface area contributed by atoms with Crippen LogP contribution >= 0.6 is 0 Å². The van der Waals surface area contributed by atoms with Gasteiger partial charge in [0.1, 0.15) is 47.9 Å². The fraction of sp³-hybridized carbons (Fsp3) is 0.830. The quantitative estimate of drug-likeness (QED) is 0.0164. The first kappa shape index (κ1) is 75.0. The summed E-state index contributed by atoms with van der Waals surface area (Å²) in [4.78, 5) is 59.3. The van der Waals surface area contributed by atoms with Crippen LogP contribution in [0.2, 0.25) is 0 Å². The van der Waals surface area contributed by atoms with Gasteiger partial charge in [0.05, 0.1) is 198 Å². The smallest absolute Gasteiger partial charge is 0.299 e. The number of nitro benzene ring substituents is 2. The molecule has 4 heterocycles. The van der Waals surface area contributed by atoms with Crippen LogP contribution in [-0.2, 0) is 85.4 Å². The number of carbonyl (C=O) groups excluding carboxylic acids is 3. The lowest BCUT2D eigenvalue weighted by Crippen LogP contribution is -2.65. The summed E-state index contributed by atoms with van der Waals surface area (Å²) in [5, 5.41) is 96.5. The third-order valence-corrected chi connectivity index (χ3v) is 14.3. The zero-order valence-electron chi connectivity index (χ0n) is 49.7. The molecule has 89 heavy (non-hydrogen) atoms. The van der Waals surface area contributed by atoms with E-state index in [9.17, 15) is 65.3 Å². The van der Waals surface area contributed by atoms with E-state index in [1.807, 2.05) is 0 Å². The van der Waals surface area contributed by atoms with Gasteiger partial charge in [-0.25, -0.2) is 0 Å². The Morgan fingerprint density at radius 1 is 0.551 bits per heavy atom. The van der Waals surface area contributed by atoms with Gasteiger partial charge in [-0.2, -0.15) is 0 Å². The number of nitrogens with one attached hydrogen (secondary N) is 4. The molecular formula is C53H90N8O28. The van der Waals surface area contributed by atoms with E-state index in [0.717, 1.165) is 12.1 Å². The molecule has 5 rings (SSSR count). The molecule has 14 N–H and O–H groups in total. The number of aliphatic hydroxyl groups excluding tert-OH is 6. The Hall–Kier alpha value is -4.69. The van der Waals surface area contributed by atoms with Gasteiger partial charge < -0.3 is 134 Å². The number of nitro groups is 2. The maximum Gasteiger partial charge on any atom is 0.299 e. The van der Waals surface area contributed by atoms with Gasteiger partial charge in [-0.05, 0) is 18.9 Å². The number of non-ortho nitro benzene ring substituents is 1. The van der Waals surface area contributed by atoms with Crippen molar-refractivity contribution in [3.63, 3.8) is 0 Å². The molecule has 4 saturated heterocycles. The fourth-order valence-corrected chi connectivity index (χ4v) is 9.32. The standard InChI is InChI=1S/C53H90N8O28/c54-43-46(67)48(69)52(33-86-50(43)88-52)31-84-27-24-81-21-19-78-16-14-76-11-8-57-40(64)5-3-38(62)45(59-42(66)30-83-26-23-80-18-13-75-10-7-56-36-2-1-35(60(71)72)29-37(36)61(73)74)39(63)4-6-41(65)58-9-12-77-15-17-79-20-22-82-25-28-85-32-53-34-87-51(89-53)44(55)47(68)49(53)70/h1-2,29,38-39,43-51,56,62-63,67-70H,3-28,30-34,54-55H2,(H,57,64)(H,58,65)(H,59,66)/t38?,39?,43-,44-,45?,46-,47-,48-,49-,50+,51+,52+,53+/m1/s1. The molecule has 0 aliphatic carbocycles. The summed E-state index contributed by atoms with van der Waals surface area (Å²) in [6.07, 6.45) is -10.1. The lowest BCUT2D eigenvalue weighted by atomic mass is 9.89. The number of fused-ring (bicyclic) bond motifs is 4. The third-order valence-electron chi connectivity index (χ3n) is 14.3. The van der Waals surface area contributed by atoms with Crippen molar-refractivity contribution in [2.75, 3.05) is 184 Å². The minimum absolute atomic E-state index is 0.0175. The summed E-state index contributed by atoms with van der Waals surface area (Å²) in [5.74, 6) is -1.58. The monoisotopic (exact) mass is 1290 g/mol. The van der Waals surface area contributed by atoms with Crippen molar-refractivity contribution in [1.82, 2.24) is 16.0 Å². The number of benzene rings is 1. The normalized spacial score (nSPS) is 25.5. The largest absolute Gasteiger partial charge is 0.391 e. The van der Waals surface area contributed by atoms with Crippen LogP contribution < -0.4 is 32.7 Å². The second kappa shape index (κ2) is 41.0. The van der Waals surface area contributed by atoms with E-state index >= 15 is 0 Å². The lowest BCUT2D eigenvalue weighted by molar-refractivity contribution is -0.393. The molecule has 12 atom stereocenters. The van der Waals surface area contributed by atoms with Gasteiger partial charge in [0, 0.05) is 38.5 Å². The minimum atomic E-state index is -1.43. The molecule has 0 radical (unpaired) electrons. The Bertz CT molecular complexity index is 2150. The topological polar surface area (TPSA) is 497 Å². The molecule has 0 saturated carbocycles. The molecule has 510 valence electrons. The van der Waals surface area contributed by atoms with Crippen LogP contribution in [0.5, 0.6) is 0 Å². The van der Waals surface area contributed by atoms with Crippen LogP contribution in [-0.4, -0.2) is 315 Å². The minimum Gasteiger partial charge on any atom is -0.391 e. The van der Waals surface area contributed by atoms with Gasteiger partial charge in [0.15, 0.2) is 12.6 Å². The molecule has 1 aromatic carbocycles. The zero-order chi connectivity index (χ0) is 64.4. The molecule has 36 heteroatoms. The van der Waals surface area contributed by atoms with Crippen molar-refractivity contribution in [3.05, 3.63) is 38.4 Å². The Kier molecular flexibility index (Phi) is 34.6. The second-order valence-electron chi connectivity index (χ2n) is 21.0. The molecule has 4 bridgehead atoms. The van der Waals surface area contributed by atoms with Gasteiger partial charge in [-0.3, -0.25) is 34.6 Å². The summed E-state index contributed by atoms with van der Waals surface area (Å²) >= 11 is 0. The Morgan fingerprint density at radius 2 is 0.933 bits per heavy atom. The molecule has 3 amide bonds. The number of hydrogen-bond donors (Lipinski definition) is 12. The first-order chi connectivity index (χ1) is 42.9. The maximum absolute atomic E-state index is 13.0. The van der Waals surface area contributed by atoms with E-state index in [0.29, 0.717) is 0 Å². The predicted molar refractivity (Wildman–Crippen MR) is 303 cm³/mol. The first-order valence-electron chi connectivity index (χ1n) is 29.4. The molecule has 0 spiro atoms. The highest BCUT2D eigenvalue weighted by atomic mass is 16.8. The molecular weight excluding hydrogens is 1200 g/mol. The van der Waals surface area contributed by atoms with Gasteiger partial charge >= 0.3 is 0 Å². The predicted octanol–water partition coefficient (Wildman–Crippen LogP) is -5.55. The number of anilines is 1. The summed E-state index contributed by atoms with van der Waals surface area (Å²) in [7, 11) is 0. The number of amides is 3. The Balaban J connectivity index is 0.894. The Morgan fingerprint density at radius 3 is 1.34 bits per heavy atom.